The summed E-state index contributed by atoms with van der Waals surface area (Å²) in [6.07, 6.45) is 8.84. The van der Waals surface area contributed by atoms with Crippen LogP contribution in [0.25, 0.3) is 0 Å². The molecule has 2 aromatic carbocycles. The van der Waals surface area contributed by atoms with Gasteiger partial charge in [0.2, 0.25) is 10.0 Å². The molecule has 7 nitrogen and oxygen atoms in total. The van der Waals surface area contributed by atoms with Crippen LogP contribution in [0.3, 0.4) is 0 Å². The fourth-order valence-corrected chi connectivity index (χ4v) is 6.53. The van der Waals surface area contributed by atoms with Gasteiger partial charge in [-0.05, 0) is 68.1 Å². The maximum Gasteiger partial charge on any atom is 0.251 e. The molecule has 2 aromatic rings. The average molecular weight is 500 g/mol. The van der Waals surface area contributed by atoms with E-state index >= 15 is 0 Å². The molecular formula is C27H37N3O4S. The summed E-state index contributed by atoms with van der Waals surface area (Å²) in [6.45, 7) is 3.58. The van der Waals surface area contributed by atoms with Crippen molar-refractivity contribution in [3.63, 3.8) is 0 Å². The number of hydrogen-bond donors (Lipinski definition) is 2. The third-order valence-corrected chi connectivity index (χ3v) is 8.48. The topological polar surface area (TPSA) is 87.7 Å². The third-order valence-electron chi connectivity index (χ3n) is 6.94. The van der Waals surface area contributed by atoms with E-state index in [4.69, 9.17) is 4.74 Å². The minimum absolute atomic E-state index is 0.000928. The summed E-state index contributed by atoms with van der Waals surface area (Å²) in [4.78, 5) is 15.4. The molecular weight excluding hydrogens is 462 g/mol. The van der Waals surface area contributed by atoms with Crippen molar-refractivity contribution in [2.45, 2.75) is 75.4 Å². The van der Waals surface area contributed by atoms with E-state index in [1.807, 2.05) is 12.1 Å². The highest BCUT2D eigenvalue weighted by Gasteiger charge is 2.26. The molecule has 1 aliphatic heterocycles. The van der Waals surface area contributed by atoms with Crippen LogP contribution in [0.5, 0.6) is 5.75 Å². The smallest absolute Gasteiger partial charge is 0.251 e. The van der Waals surface area contributed by atoms with Crippen LogP contribution in [0.4, 0.5) is 0 Å². The molecule has 1 saturated heterocycles. The van der Waals surface area contributed by atoms with Crippen LogP contribution >= 0.6 is 0 Å². The SMILES string of the molecule is COc1ccc(C(=O)NCc2cccc(CN3CCCCCC3)c2)cc1S(=O)(=O)NC1CCCC1. The number of carbonyl (C=O) groups excluding carboxylic acids is 1. The molecule has 1 amide bonds. The van der Waals surface area contributed by atoms with Gasteiger partial charge in [-0.2, -0.15) is 0 Å². The summed E-state index contributed by atoms with van der Waals surface area (Å²) in [6, 6.07) is 12.8. The van der Waals surface area contributed by atoms with Gasteiger partial charge in [-0.15, -0.1) is 0 Å². The van der Waals surface area contributed by atoms with E-state index in [1.165, 1.54) is 44.4 Å². The summed E-state index contributed by atoms with van der Waals surface area (Å²) >= 11 is 0. The maximum absolute atomic E-state index is 13.0. The Morgan fingerprint density at radius 1 is 0.971 bits per heavy atom. The van der Waals surface area contributed by atoms with Crippen molar-refractivity contribution in [2.75, 3.05) is 20.2 Å². The van der Waals surface area contributed by atoms with Crippen molar-refractivity contribution in [1.29, 1.82) is 0 Å². The molecule has 2 fully saturated rings. The largest absolute Gasteiger partial charge is 0.495 e. The van der Waals surface area contributed by atoms with Gasteiger partial charge < -0.3 is 10.1 Å². The van der Waals surface area contributed by atoms with Gasteiger partial charge in [-0.3, -0.25) is 9.69 Å². The molecule has 0 atom stereocenters. The van der Waals surface area contributed by atoms with Crippen molar-refractivity contribution >= 4 is 15.9 Å². The Balaban J connectivity index is 1.41. The first kappa shape index (κ1) is 25.7. The molecule has 0 aromatic heterocycles. The van der Waals surface area contributed by atoms with E-state index in [-0.39, 0.29) is 22.6 Å². The quantitative estimate of drug-likeness (QED) is 0.539. The van der Waals surface area contributed by atoms with Crippen LogP contribution in [0.2, 0.25) is 0 Å². The van der Waals surface area contributed by atoms with E-state index in [0.29, 0.717) is 12.1 Å². The number of amides is 1. The van der Waals surface area contributed by atoms with Crippen molar-refractivity contribution in [3.8, 4) is 5.75 Å². The highest BCUT2D eigenvalue weighted by molar-refractivity contribution is 7.89. The molecule has 0 unspecified atom stereocenters. The van der Waals surface area contributed by atoms with Crippen molar-refractivity contribution in [1.82, 2.24) is 14.9 Å². The first-order chi connectivity index (χ1) is 16.9. The summed E-state index contributed by atoms with van der Waals surface area (Å²) in [7, 11) is -2.36. The summed E-state index contributed by atoms with van der Waals surface area (Å²) in [5.74, 6) is -0.0869. The zero-order valence-electron chi connectivity index (χ0n) is 20.6. The lowest BCUT2D eigenvalue weighted by atomic mass is 10.1. The summed E-state index contributed by atoms with van der Waals surface area (Å²) < 4.78 is 34.1. The molecule has 2 N–H and O–H groups in total. The second-order valence-corrected chi connectivity index (χ2v) is 11.3. The molecule has 4 rings (SSSR count). The number of sulfonamides is 1. The van der Waals surface area contributed by atoms with Gasteiger partial charge >= 0.3 is 0 Å². The molecule has 190 valence electrons. The highest BCUT2D eigenvalue weighted by atomic mass is 32.2. The molecule has 0 bridgehead atoms. The van der Waals surface area contributed by atoms with Crippen LogP contribution in [0, 0.1) is 0 Å². The molecule has 2 aliphatic rings. The third kappa shape index (κ3) is 7.06. The van der Waals surface area contributed by atoms with Gasteiger partial charge in [0.1, 0.15) is 10.6 Å². The fraction of sp³-hybridized carbons (Fsp3) is 0.519. The van der Waals surface area contributed by atoms with Crippen molar-refractivity contribution < 1.29 is 17.9 Å². The Kier molecular flexibility index (Phi) is 8.81. The molecule has 8 heteroatoms. The zero-order chi connectivity index (χ0) is 24.7. The second-order valence-electron chi connectivity index (χ2n) is 9.66. The number of benzene rings is 2. The number of likely N-dealkylation sites (tertiary alicyclic amines) is 1. The molecule has 1 heterocycles. The average Bonchev–Trinajstić information content (AvgIpc) is 3.23. The summed E-state index contributed by atoms with van der Waals surface area (Å²) in [5.41, 5.74) is 2.56. The Labute approximate surface area is 209 Å². The standard InChI is InChI=1S/C27H37N3O4S/c1-34-25-14-13-23(18-26(25)35(32,33)29-24-11-4-5-12-24)27(31)28-19-21-9-8-10-22(17-21)20-30-15-6-2-3-7-16-30/h8-10,13-14,17-18,24,29H,2-7,11-12,15-16,19-20H2,1H3,(H,28,31). The lowest BCUT2D eigenvalue weighted by Gasteiger charge is -2.20. The lowest BCUT2D eigenvalue weighted by molar-refractivity contribution is 0.0950. The molecule has 0 spiro atoms. The molecule has 35 heavy (non-hydrogen) atoms. The Morgan fingerprint density at radius 2 is 1.69 bits per heavy atom. The predicted molar refractivity (Wildman–Crippen MR) is 137 cm³/mol. The first-order valence-electron chi connectivity index (χ1n) is 12.7. The monoisotopic (exact) mass is 499 g/mol. The van der Waals surface area contributed by atoms with Gasteiger partial charge in [0.05, 0.1) is 7.11 Å². The van der Waals surface area contributed by atoms with E-state index in [1.54, 1.807) is 12.1 Å². The van der Waals surface area contributed by atoms with Crippen molar-refractivity contribution in [3.05, 3.63) is 59.2 Å². The van der Waals surface area contributed by atoms with Crippen LogP contribution < -0.4 is 14.8 Å². The minimum atomic E-state index is -3.79. The lowest BCUT2D eigenvalue weighted by Crippen LogP contribution is -2.33. The van der Waals surface area contributed by atoms with Crippen LogP contribution in [-0.4, -0.2) is 45.5 Å². The fourth-order valence-electron chi connectivity index (χ4n) is 5.03. The van der Waals surface area contributed by atoms with Gasteiger partial charge in [-0.25, -0.2) is 13.1 Å². The number of rotatable bonds is 9. The van der Waals surface area contributed by atoms with E-state index < -0.39 is 10.0 Å². The van der Waals surface area contributed by atoms with Gasteiger partial charge in [0.15, 0.2) is 0 Å². The molecule has 1 saturated carbocycles. The normalized spacial score (nSPS) is 17.7. The van der Waals surface area contributed by atoms with Crippen LogP contribution in [-0.2, 0) is 23.1 Å². The molecule has 0 radical (unpaired) electrons. The number of ether oxygens (including phenoxy) is 1. The minimum Gasteiger partial charge on any atom is -0.495 e. The van der Waals surface area contributed by atoms with Gasteiger partial charge in [0.25, 0.3) is 5.91 Å². The first-order valence-corrected chi connectivity index (χ1v) is 14.2. The zero-order valence-corrected chi connectivity index (χ0v) is 21.4. The Bertz CT molecular complexity index is 1110. The Morgan fingerprint density at radius 3 is 2.40 bits per heavy atom. The number of nitrogens with one attached hydrogen (secondary N) is 2. The second kappa shape index (κ2) is 12.0. The van der Waals surface area contributed by atoms with Gasteiger partial charge in [-0.1, -0.05) is 49.9 Å². The molecule has 1 aliphatic carbocycles. The number of carbonyl (C=O) groups is 1. The van der Waals surface area contributed by atoms with Crippen LogP contribution in [0.15, 0.2) is 47.4 Å². The predicted octanol–water partition coefficient (Wildman–Crippen LogP) is 4.22. The number of nitrogens with zero attached hydrogens (tertiary/aromatic N) is 1. The van der Waals surface area contributed by atoms with Gasteiger partial charge in [0, 0.05) is 24.7 Å². The summed E-state index contributed by atoms with van der Waals surface area (Å²) in [5, 5.41) is 2.94. The number of hydrogen-bond acceptors (Lipinski definition) is 5. The Hall–Kier alpha value is -2.42. The number of methoxy groups -OCH3 is 1. The van der Waals surface area contributed by atoms with E-state index in [9.17, 15) is 13.2 Å². The van der Waals surface area contributed by atoms with E-state index in [0.717, 1.165) is 50.9 Å². The maximum atomic E-state index is 13.0. The van der Waals surface area contributed by atoms with Crippen LogP contribution in [0.1, 0.15) is 72.9 Å². The van der Waals surface area contributed by atoms with Crippen molar-refractivity contribution in [2.24, 2.45) is 0 Å². The van der Waals surface area contributed by atoms with E-state index in [2.05, 4.69) is 27.1 Å². The highest BCUT2D eigenvalue weighted by Crippen LogP contribution is 2.27.